The van der Waals surface area contributed by atoms with Gasteiger partial charge < -0.3 is 14.2 Å². The summed E-state index contributed by atoms with van der Waals surface area (Å²) in [5.41, 5.74) is 0.0823. The van der Waals surface area contributed by atoms with E-state index in [1.807, 2.05) is 0 Å². The highest BCUT2D eigenvalue weighted by Gasteiger charge is 2.31. The molecule has 4 nitrogen and oxygen atoms in total. The zero-order valence-corrected chi connectivity index (χ0v) is 9.32. The molecule has 0 spiro atoms. The SMILES string of the molecule is C=CC(=O)OCC1OCC(C)(CC)CO1. The summed E-state index contributed by atoms with van der Waals surface area (Å²) in [4.78, 5) is 10.8. The lowest BCUT2D eigenvalue weighted by Gasteiger charge is -2.36. The van der Waals surface area contributed by atoms with Gasteiger partial charge in [0, 0.05) is 11.5 Å². The molecular weight excluding hydrogens is 196 g/mol. The summed E-state index contributed by atoms with van der Waals surface area (Å²) in [5, 5.41) is 0. The molecule has 0 radical (unpaired) electrons. The third-order valence-electron chi connectivity index (χ3n) is 2.62. The Kier molecular flexibility index (Phi) is 4.29. The van der Waals surface area contributed by atoms with Gasteiger partial charge in [-0.05, 0) is 6.42 Å². The van der Waals surface area contributed by atoms with E-state index >= 15 is 0 Å². The number of carbonyl (C=O) groups is 1. The molecule has 1 heterocycles. The highest BCUT2D eigenvalue weighted by molar-refractivity contribution is 5.81. The smallest absolute Gasteiger partial charge is 0.330 e. The van der Waals surface area contributed by atoms with Crippen molar-refractivity contribution in [1.29, 1.82) is 0 Å². The van der Waals surface area contributed by atoms with Gasteiger partial charge in [-0.25, -0.2) is 4.79 Å². The minimum atomic E-state index is -0.453. The lowest BCUT2D eigenvalue weighted by Crippen LogP contribution is -2.41. The van der Waals surface area contributed by atoms with Crippen molar-refractivity contribution in [3.8, 4) is 0 Å². The average Bonchev–Trinajstić information content (AvgIpc) is 2.28. The van der Waals surface area contributed by atoms with Crippen molar-refractivity contribution in [2.75, 3.05) is 19.8 Å². The minimum Gasteiger partial charge on any atom is -0.457 e. The molecular formula is C11H18O4. The van der Waals surface area contributed by atoms with Crippen LogP contribution in [0.1, 0.15) is 20.3 Å². The van der Waals surface area contributed by atoms with Crippen LogP contribution in [-0.4, -0.2) is 32.1 Å². The molecule has 0 aromatic heterocycles. The normalized spacial score (nSPS) is 30.9. The maximum absolute atomic E-state index is 10.8. The number of ether oxygens (including phenoxy) is 3. The molecule has 1 saturated heterocycles. The van der Waals surface area contributed by atoms with Gasteiger partial charge in [0.15, 0.2) is 6.29 Å². The van der Waals surface area contributed by atoms with Crippen molar-refractivity contribution in [3.63, 3.8) is 0 Å². The molecule has 0 aromatic carbocycles. The van der Waals surface area contributed by atoms with E-state index in [9.17, 15) is 4.79 Å². The van der Waals surface area contributed by atoms with E-state index in [0.29, 0.717) is 13.2 Å². The molecule has 0 bridgehead atoms. The fourth-order valence-corrected chi connectivity index (χ4v) is 1.19. The molecule has 0 atom stereocenters. The third kappa shape index (κ3) is 3.64. The standard InChI is InChI=1S/C11H18O4/c1-4-9(12)13-6-10-14-7-11(3,5-2)8-15-10/h4,10H,1,5-8H2,2-3H3. The van der Waals surface area contributed by atoms with Crippen LogP contribution in [0.2, 0.25) is 0 Å². The fraction of sp³-hybridized carbons (Fsp3) is 0.727. The quantitative estimate of drug-likeness (QED) is 0.525. The highest BCUT2D eigenvalue weighted by atomic mass is 16.7. The van der Waals surface area contributed by atoms with Crippen LogP contribution in [0.15, 0.2) is 12.7 Å². The topological polar surface area (TPSA) is 44.8 Å². The first-order valence-electron chi connectivity index (χ1n) is 5.12. The van der Waals surface area contributed by atoms with Gasteiger partial charge in [-0.1, -0.05) is 20.4 Å². The van der Waals surface area contributed by atoms with E-state index < -0.39 is 12.3 Å². The van der Waals surface area contributed by atoms with Gasteiger partial charge in [0.1, 0.15) is 6.61 Å². The summed E-state index contributed by atoms with van der Waals surface area (Å²) in [7, 11) is 0. The number of carbonyl (C=O) groups excluding carboxylic acids is 1. The van der Waals surface area contributed by atoms with Crippen molar-refractivity contribution in [2.45, 2.75) is 26.6 Å². The molecule has 4 heteroatoms. The Morgan fingerprint density at radius 3 is 2.67 bits per heavy atom. The molecule has 0 aliphatic carbocycles. The van der Waals surface area contributed by atoms with E-state index in [-0.39, 0.29) is 12.0 Å². The second kappa shape index (κ2) is 5.28. The maximum Gasteiger partial charge on any atom is 0.330 e. The van der Waals surface area contributed by atoms with Gasteiger partial charge in [-0.3, -0.25) is 0 Å². The van der Waals surface area contributed by atoms with E-state index in [2.05, 4.69) is 20.4 Å². The van der Waals surface area contributed by atoms with Crippen molar-refractivity contribution < 1.29 is 19.0 Å². The van der Waals surface area contributed by atoms with Gasteiger partial charge in [0.25, 0.3) is 0 Å². The fourth-order valence-electron chi connectivity index (χ4n) is 1.19. The van der Waals surface area contributed by atoms with Crippen LogP contribution in [0.4, 0.5) is 0 Å². The molecule has 1 aliphatic heterocycles. The molecule has 0 saturated carbocycles. The van der Waals surface area contributed by atoms with Crippen LogP contribution in [0, 0.1) is 5.41 Å². The second-order valence-corrected chi connectivity index (χ2v) is 4.05. The number of rotatable bonds is 4. The zero-order chi connectivity index (χ0) is 11.3. The van der Waals surface area contributed by atoms with Crippen LogP contribution < -0.4 is 0 Å². The average molecular weight is 214 g/mol. The van der Waals surface area contributed by atoms with Crippen molar-refractivity contribution in [1.82, 2.24) is 0 Å². The molecule has 0 aromatic rings. The summed E-state index contributed by atoms with van der Waals surface area (Å²) in [5.74, 6) is -0.453. The molecule has 0 unspecified atom stereocenters. The van der Waals surface area contributed by atoms with Gasteiger partial charge in [-0.2, -0.15) is 0 Å². The largest absolute Gasteiger partial charge is 0.457 e. The van der Waals surface area contributed by atoms with Gasteiger partial charge in [0.2, 0.25) is 0 Å². The Morgan fingerprint density at radius 1 is 1.60 bits per heavy atom. The number of hydrogen-bond donors (Lipinski definition) is 0. The molecule has 1 rings (SSSR count). The summed E-state index contributed by atoms with van der Waals surface area (Å²) >= 11 is 0. The van der Waals surface area contributed by atoms with Crippen molar-refractivity contribution >= 4 is 5.97 Å². The lowest BCUT2D eigenvalue weighted by molar-refractivity contribution is -0.241. The number of hydrogen-bond acceptors (Lipinski definition) is 4. The summed E-state index contributed by atoms with van der Waals surface area (Å²) in [6.07, 6.45) is 1.69. The van der Waals surface area contributed by atoms with Crippen LogP contribution >= 0.6 is 0 Å². The third-order valence-corrected chi connectivity index (χ3v) is 2.62. The monoisotopic (exact) mass is 214 g/mol. The van der Waals surface area contributed by atoms with E-state index in [1.54, 1.807) is 0 Å². The Bertz CT molecular complexity index is 229. The molecule has 86 valence electrons. The van der Waals surface area contributed by atoms with E-state index in [1.165, 1.54) is 0 Å². The Hall–Kier alpha value is -0.870. The predicted octanol–water partition coefficient (Wildman–Crippen LogP) is 1.50. The lowest BCUT2D eigenvalue weighted by atomic mass is 9.89. The minimum absolute atomic E-state index is 0.0823. The van der Waals surface area contributed by atoms with E-state index in [0.717, 1.165) is 12.5 Å². The summed E-state index contributed by atoms with van der Waals surface area (Å²) < 4.78 is 15.7. The van der Waals surface area contributed by atoms with Crippen LogP contribution in [0.3, 0.4) is 0 Å². The van der Waals surface area contributed by atoms with E-state index in [4.69, 9.17) is 14.2 Å². The van der Waals surface area contributed by atoms with Crippen molar-refractivity contribution in [2.24, 2.45) is 5.41 Å². The first-order chi connectivity index (χ1) is 7.09. The molecule has 0 amide bonds. The highest BCUT2D eigenvalue weighted by Crippen LogP contribution is 2.27. The van der Waals surface area contributed by atoms with Gasteiger partial charge in [0.05, 0.1) is 13.2 Å². The Labute approximate surface area is 90.2 Å². The molecule has 15 heavy (non-hydrogen) atoms. The van der Waals surface area contributed by atoms with Crippen molar-refractivity contribution in [3.05, 3.63) is 12.7 Å². The molecule has 1 aliphatic rings. The first-order valence-corrected chi connectivity index (χ1v) is 5.12. The number of esters is 1. The molecule has 0 N–H and O–H groups in total. The second-order valence-electron chi connectivity index (χ2n) is 4.05. The van der Waals surface area contributed by atoms with Gasteiger partial charge >= 0.3 is 5.97 Å². The van der Waals surface area contributed by atoms with Crippen LogP contribution in [0.25, 0.3) is 0 Å². The van der Waals surface area contributed by atoms with Crippen LogP contribution in [0.5, 0.6) is 0 Å². The van der Waals surface area contributed by atoms with Gasteiger partial charge in [-0.15, -0.1) is 0 Å². The summed E-state index contributed by atoms with van der Waals surface area (Å²) in [6.45, 7) is 8.92. The first kappa shape index (κ1) is 12.2. The maximum atomic E-state index is 10.8. The zero-order valence-electron chi connectivity index (χ0n) is 9.32. The Balaban J connectivity index is 2.26. The molecule has 1 fully saturated rings. The predicted molar refractivity (Wildman–Crippen MR) is 55.2 cm³/mol. The summed E-state index contributed by atoms with van der Waals surface area (Å²) in [6, 6.07) is 0. The Morgan fingerprint density at radius 2 is 2.20 bits per heavy atom. The van der Waals surface area contributed by atoms with Crippen LogP contribution in [-0.2, 0) is 19.0 Å².